The van der Waals surface area contributed by atoms with Crippen LogP contribution >= 0.6 is 0 Å². The van der Waals surface area contributed by atoms with Crippen LogP contribution < -0.4 is 9.80 Å². The first-order valence-corrected chi connectivity index (χ1v) is 12.3. The number of carbonyl (C=O) groups excluding carboxylic acids is 3. The minimum Gasteiger partial charge on any atom is -0.395 e. The van der Waals surface area contributed by atoms with E-state index < -0.39 is 17.4 Å². The van der Waals surface area contributed by atoms with Crippen LogP contribution in [-0.4, -0.2) is 59.6 Å². The maximum absolute atomic E-state index is 13.2. The largest absolute Gasteiger partial charge is 0.395 e. The first-order chi connectivity index (χ1) is 17.3. The Bertz CT molecular complexity index is 1170. The van der Waals surface area contributed by atoms with Crippen molar-refractivity contribution in [3.63, 3.8) is 0 Å². The third-order valence-electron chi connectivity index (χ3n) is 7.08. The topological polar surface area (TPSA) is 101 Å². The van der Waals surface area contributed by atoms with E-state index >= 15 is 0 Å². The number of carbonyl (C=O) groups is 3. The van der Waals surface area contributed by atoms with Crippen molar-refractivity contribution >= 4 is 29.1 Å². The van der Waals surface area contributed by atoms with Gasteiger partial charge in [0.1, 0.15) is 0 Å². The predicted molar refractivity (Wildman–Crippen MR) is 137 cm³/mol. The number of benzene rings is 2. The van der Waals surface area contributed by atoms with Crippen molar-refractivity contribution in [1.29, 1.82) is 0 Å². The molecule has 0 bridgehead atoms. The summed E-state index contributed by atoms with van der Waals surface area (Å²) in [6.07, 6.45) is 4.70. The molecule has 8 heteroatoms. The van der Waals surface area contributed by atoms with Crippen molar-refractivity contribution in [1.82, 2.24) is 4.90 Å². The molecule has 2 N–H and O–H groups in total. The number of nitrogens with zero attached hydrogens (tertiary/aromatic N) is 3. The Kier molecular flexibility index (Phi) is 7.56. The fourth-order valence-electron chi connectivity index (χ4n) is 4.99. The fraction of sp³-hybridized carbons (Fsp3) is 0.393. The number of hydrogen-bond acceptors (Lipinski definition) is 5. The van der Waals surface area contributed by atoms with Gasteiger partial charge in [-0.05, 0) is 30.2 Å². The Hall–Kier alpha value is -3.49. The molecule has 2 aliphatic rings. The summed E-state index contributed by atoms with van der Waals surface area (Å²) in [7, 11) is 1.62. The zero-order valence-corrected chi connectivity index (χ0v) is 20.8. The van der Waals surface area contributed by atoms with E-state index in [0.717, 1.165) is 12.0 Å². The van der Waals surface area contributed by atoms with Crippen molar-refractivity contribution in [2.75, 3.05) is 36.5 Å². The van der Waals surface area contributed by atoms with E-state index in [1.165, 1.54) is 4.90 Å². The second kappa shape index (κ2) is 10.6. The Balaban J connectivity index is 1.51. The van der Waals surface area contributed by atoms with Crippen molar-refractivity contribution in [3.05, 3.63) is 71.8 Å². The highest BCUT2D eigenvalue weighted by atomic mass is 16.3. The van der Waals surface area contributed by atoms with Crippen molar-refractivity contribution < 1.29 is 24.6 Å². The molecule has 2 aliphatic heterocycles. The van der Waals surface area contributed by atoms with E-state index in [9.17, 15) is 24.6 Å². The monoisotopic (exact) mass is 491 g/mol. The highest BCUT2D eigenvalue weighted by Crippen LogP contribution is 2.46. The molecule has 8 nitrogen and oxygen atoms in total. The number of aliphatic hydroxyl groups is 2. The van der Waals surface area contributed by atoms with Gasteiger partial charge in [-0.25, -0.2) is 0 Å². The lowest BCUT2D eigenvalue weighted by Gasteiger charge is -2.27. The predicted octanol–water partition coefficient (Wildman–Crippen LogP) is 2.58. The highest BCUT2D eigenvalue weighted by molar-refractivity contribution is 6.07. The third kappa shape index (κ3) is 4.79. The van der Waals surface area contributed by atoms with E-state index in [1.54, 1.807) is 54.1 Å². The number of hydrogen-bond donors (Lipinski definition) is 2. The number of likely N-dealkylation sites (N-methyl/N-ethyl adjacent to an activating group) is 1. The molecular weight excluding hydrogens is 458 g/mol. The Morgan fingerprint density at radius 3 is 2.61 bits per heavy atom. The summed E-state index contributed by atoms with van der Waals surface area (Å²) in [6, 6.07) is 14.9. The molecule has 36 heavy (non-hydrogen) atoms. The number of aliphatic hydroxyl groups excluding tert-OH is 1. The SMILES string of the molecule is C[C@H](/C=C/CC(=O)N(CCO)Cc1ccccc1)[C@@]1(O)C(=O)N(C)c2ccc(N3CCCC3=O)cc21. The average molecular weight is 492 g/mol. The Morgan fingerprint density at radius 2 is 1.94 bits per heavy atom. The summed E-state index contributed by atoms with van der Waals surface area (Å²) in [6.45, 7) is 2.82. The van der Waals surface area contributed by atoms with Crippen LogP contribution in [0.15, 0.2) is 60.7 Å². The van der Waals surface area contributed by atoms with Crippen LogP contribution in [-0.2, 0) is 26.5 Å². The molecule has 0 aliphatic carbocycles. The molecule has 2 heterocycles. The van der Waals surface area contributed by atoms with E-state index in [2.05, 4.69) is 0 Å². The lowest BCUT2D eigenvalue weighted by molar-refractivity contribution is -0.139. The van der Waals surface area contributed by atoms with Gasteiger partial charge >= 0.3 is 0 Å². The van der Waals surface area contributed by atoms with E-state index in [1.807, 2.05) is 30.3 Å². The van der Waals surface area contributed by atoms with E-state index in [4.69, 9.17) is 0 Å². The Labute approximate surface area is 211 Å². The molecular formula is C28H33N3O5. The van der Waals surface area contributed by atoms with Crippen LogP contribution in [0, 0.1) is 5.92 Å². The number of rotatable bonds is 9. The van der Waals surface area contributed by atoms with Crippen LogP contribution in [0.3, 0.4) is 0 Å². The number of anilines is 2. The zero-order chi connectivity index (χ0) is 25.9. The second-order valence-corrected chi connectivity index (χ2v) is 9.43. The van der Waals surface area contributed by atoms with Gasteiger partial charge in [-0.3, -0.25) is 14.4 Å². The molecule has 1 saturated heterocycles. The number of fused-ring (bicyclic) bond motifs is 1. The van der Waals surface area contributed by atoms with Gasteiger partial charge < -0.3 is 24.9 Å². The van der Waals surface area contributed by atoms with Gasteiger partial charge in [0, 0.05) is 56.7 Å². The summed E-state index contributed by atoms with van der Waals surface area (Å²) in [5.74, 6) is -1.19. The normalized spacial score (nSPS) is 20.3. The molecule has 0 saturated carbocycles. The zero-order valence-electron chi connectivity index (χ0n) is 20.8. The molecule has 0 aromatic heterocycles. The summed E-state index contributed by atoms with van der Waals surface area (Å²) < 4.78 is 0. The van der Waals surface area contributed by atoms with E-state index in [-0.39, 0.29) is 31.4 Å². The first kappa shape index (κ1) is 25.6. The van der Waals surface area contributed by atoms with Crippen molar-refractivity contribution in [2.45, 2.75) is 38.3 Å². The van der Waals surface area contributed by atoms with Crippen LogP contribution in [0.5, 0.6) is 0 Å². The molecule has 4 rings (SSSR count). The second-order valence-electron chi connectivity index (χ2n) is 9.43. The third-order valence-corrected chi connectivity index (χ3v) is 7.08. The molecule has 1 fully saturated rings. The molecule has 3 amide bonds. The van der Waals surface area contributed by atoms with Gasteiger partial charge in [0.2, 0.25) is 11.8 Å². The summed E-state index contributed by atoms with van der Waals surface area (Å²) in [5, 5.41) is 21.1. The smallest absolute Gasteiger partial charge is 0.264 e. The first-order valence-electron chi connectivity index (χ1n) is 12.3. The lowest BCUT2D eigenvalue weighted by atomic mass is 9.82. The summed E-state index contributed by atoms with van der Waals surface area (Å²) in [5.41, 5.74) is 0.893. The maximum atomic E-state index is 13.2. The standard InChI is InChI=1S/C28H33N3O5/c1-20(8-6-11-25(33)30(16-17-32)19-21-9-4-3-5-10-21)28(36)23-18-22(31-15-7-12-26(31)34)13-14-24(23)29(2)27(28)35/h3-6,8-10,13-14,18,20,32,36H,7,11-12,15-17,19H2,1-2H3/b8-6+/t20-,28+/m1/s1. The fourth-order valence-corrected chi connectivity index (χ4v) is 4.99. The minimum atomic E-state index is -1.81. The molecule has 2 aromatic rings. The van der Waals surface area contributed by atoms with Crippen molar-refractivity contribution in [3.8, 4) is 0 Å². The van der Waals surface area contributed by atoms with Gasteiger partial charge in [0.05, 0.1) is 12.3 Å². The summed E-state index contributed by atoms with van der Waals surface area (Å²) >= 11 is 0. The number of amides is 3. The van der Waals surface area contributed by atoms with Gasteiger partial charge in [0.15, 0.2) is 5.60 Å². The van der Waals surface area contributed by atoms with Crippen LogP contribution in [0.2, 0.25) is 0 Å². The minimum absolute atomic E-state index is 0.0329. The van der Waals surface area contributed by atoms with Gasteiger partial charge in [-0.15, -0.1) is 0 Å². The molecule has 190 valence electrons. The van der Waals surface area contributed by atoms with Crippen LogP contribution in [0.4, 0.5) is 11.4 Å². The molecule has 2 atom stereocenters. The summed E-state index contributed by atoms with van der Waals surface area (Å²) in [4.78, 5) is 43.0. The van der Waals surface area contributed by atoms with Crippen LogP contribution in [0.25, 0.3) is 0 Å². The van der Waals surface area contributed by atoms with Crippen molar-refractivity contribution in [2.24, 2.45) is 5.92 Å². The maximum Gasteiger partial charge on any atom is 0.264 e. The molecule has 2 aromatic carbocycles. The quantitative estimate of drug-likeness (QED) is 0.525. The van der Waals surface area contributed by atoms with Crippen LogP contribution in [0.1, 0.15) is 37.3 Å². The molecule has 0 radical (unpaired) electrons. The average Bonchev–Trinajstić information content (AvgIpc) is 3.39. The lowest BCUT2D eigenvalue weighted by Crippen LogP contribution is -2.43. The van der Waals surface area contributed by atoms with Gasteiger partial charge in [0.25, 0.3) is 5.91 Å². The van der Waals surface area contributed by atoms with E-state index in [0.29, 0.717) is 36.4 Å². The van der Waals surface area contributed by atoms with Gasteiger partial charge in [-0.1, -0.05) is 49.4 Å². The molecule has 0 spiro atoms. The Morgan fingerprint density at radius 1 is 1.19 bits per heavy atom. The molecule has 0 unspecified atom stereocenters. The van der Waals surface area contributed by atoms with Gasteiger partial charge in [-0.2, -0.15) is 0 Å². The highest BCUT2D eigenvalue weighted by Gasteiger charge is 2.51.